The van der Waals surface area contributed by atoms with Crippen LogP contribution in [-0.2, 0) is 6.54 Å². The van der Waals surface area contributed by atoms with E-state index in [2.05, 4.69) is 16.4 Å². The first-order valence-electron chi connectivity index (χ1n) is 6.08. The Hall–Kier alpha value is -2.74. The molecule has 1 heterocycles. The molecular formula is C15H15N3O2. The van der Waals surface area contributed by atoms with Gasteiger partial charge in [0.25, 0.3) is 0 Å². The molecule has 0 aliphatic heterocycles. The van der Waals surface area contributed by atoms with Gasteiger partial charge in [0.1, 0.15) is 11.9 Å². The molecule has 0 radical (unpaired) electrons. The lowest BCUT2D eigenvalue weighted by molar-refractivity contribution is 0.354. The predicted molar refractivity (Wildman–Crippen MR) is 75.8 cm³/mol. The number of ether oxygens (including phenoxy) is 2. The van der Waals surface area contributed by atoms with Crippen molar-refractivity contribution in [3.8, 4) is 17.6 Å². The van der Waals surface area contributed by atoms with Crippen LogP contribution in [0, 0.1) is 11.3 Å². The Bertz CT molecular complexity index is 635. The molecule has 5 heteroatoms. The lowest BCUT2D eigenvalue weighted by Gasteiger charge is -2.11. The van der Waals surface area contributed by atoms with E-state index in [1.807, 2.05) is 18.2 Å². The molecule has 1 N–H and O–H groups in total. The highest BCUT2D eigenvalue weighted by atomic mass is 16.5. The van der Waals surface area contributed by atoms with Crippen molar-refractivity contribution < 1.29 is 9.47 Å². The molecule has 20 heavy (non-hydrogen) atoms. The monoisotopic (exact) mass is 269 g/mol. The summed E-state index contributed by atoms with van der Waals surface area (Å²) in [5.41, 5.74) is 1.53. The van der Waals surface area contributed by atoms with E-state index in [1.54, 1.807) is 32.5 Å². The van der Waals surface area contributed by atoms with Gasteiger partial charge in [-0.1, -0.05) is 6.07 Å². The Morgan fingerprint density at radius 3 is 2.70 bits per heavy atom. The summed E-state index contributed by atoms with van der Waals surface area (Å²) in [6.07, 6.45) is 1.65. The van der Waals surface area contributed by atoms with Crippen LogP contribution in [0.2, 0.25) is 0 Å². The molecule has 0 aliphatic carbocycles. The van der Waals surface area contributed by atoms with Crippen molar-refractivity contribution >= 4 is 5.82 Å². The number of rotatable bonds is 5. The molecule has 5 nitrogen and oxygen atoms in total. The fourth-order valence-electron chi connectivity index (χ4n) is 1.81. The smallest absolute Gasteiger partial charge is 0.161 e. The molecule has 2 rings (SSSR count). The quantitative estimate of drug-likeness (QED) is 0.903. The summed E-state index contributed by atoms with van der Waals surface area (Å²) in [5, 5.41) is 12.1. The minimum atomic E-state index is 0.521. The van der Waals surface area contributed by atoms with E-state index in [1.165, 1.54) is 0 Å². The van der Waals surface area contributed by atoms with Gasteiger partial charge in [0.2, 0.25) is 0 Å². The highest BCUT2D eigenvalue weighted by Gasteiger charge is 2.06. The van der Waals surface area contributed by atoms with E-state index >= 15 is 0 Å². The molecule has 2 aromatic rings. The van der Waals surface area contributed by atoms with Crippen LogP contribution in [-0.4, -0.2) is 19.2 Å². The zero-order valence-electron chi connectivity index (χ0n) is 11.4. The molecule has 0 fully saturated rings. The molecule has 0 atom stereocenters. The summed E-state index contributed by atoms with van der Waals surface area (Å²) in [4.78, 5) is 4.15. The van der Waals surface area contributed by atoms with Crippen molar-refractivity contribution in [2.75, 3.05) is 19.5 Å². The minimum Gasteiger partial charge on any atom is -0.493 e. The summed E-state index contributed by atoms with van der Waals surface area (Å²) in [5.74, 6) is 1.94. The van der Waals surface area contributed by atoms with Crippen molar-refractivity contribution in [2.24, 2.45) is 0 Å². The molecule has 0 spiro atoms. The third-order valence-corrected chi connectivity index (χ3v) is 2.84. The summed E-state index contributed by atoms with van der Waals surface area (Å²) < 4.78 is 10.4. The van der Waals surface area contributed by atoms with Crippen molar-refractivity contribution in [1.29, 1.82) is 5.26 Å². The maximum absolute atomic E-state index is 9.00. The molecule has 0 amide bonds. The third-order valence-electron chi connectivity index (χ3n) is 2.84. The largest absolute Gasteiger partial charge is 0.493 e. The second kappa shape index (κ2) is 6.43. The first-order chi connectivity index (χ1) is 9.78. The van der Waals surface area contributed by atoms with Gasteiger partial charge in [0.15, 0.2) is 11.5 Å². The van der Waals surface area contributed by atoms with Gasteiger partial charge < -0.3 is 14.8 Å². The van der Waals surface area contributed by atoms with Crippen molar-refractivity contribution in [3.63, 3.8) is 0 Å². The maximum atomic E-state index is 9.00. The van der Waals surface area contributed by atoms with Gasteiger partial charge in [0, 0.05) is 12.7 Å². The van der Waals surface area contributed by atoms with Crippen molar-refractivity contribution in [2.45, 2.75) is 6.54 Å². The second-order valence-corrected chi connectivity index (χ2v) is 4.05. The van der Waals surface area contributed by atoms with Crippen LogP contribution in [0.1, 0.15) is 11.1 Å². The van der Waals surface area contributed by atoms with Crippen LogP contribution in [0.15, 0.2) is 36.5 Å². The Balaban J connectivity index is 2.13. The second-order valence-electron chi connectivity index (χ2n) is 4.05. The molecule has 0 saturated carbocycles. The molecule has 0 saturated heterocycles. The van der Waals surface area contributed by atoms with Crippen molar-refractivity contribution in [3.05, 3.63) is 47.7 Å². The zero-order valence-corrected chi connectivity index (χ0v) is 11.4. The number of benzene rings is 1. The summed E-state index contributed by atoms with van der Waals surface area (Å²) in [6, 6.07) is 11.2. The van der Waals surface area contributed by atoms with E-state index in [4.69, 9.17) is 14.7 Å². The van der Waals surface area contributed by atoms with Gasteiger partial charge in [-0.25, -0.2) is 4.98 Å². The molecule has 0 aliphatic rings. The third kappa shape index (κ3) is 2.98. The average molecular weight is 269 g/mol. The standard InChI is InChI=1S/C15H15N3O2/c1-19-13-6-5-11(8-14(13)20-2)10-18-15-12(9-16)4-3-7-17-15/h3-8H,10H2,1-2H3,(H,17,18). The Labute approximate surface area is 117 Å². The number of methoxy groups -OCH3 is 2. The first-order valence-corrected chi connectivity index (χ1v) is 6.08. The van der Waals surface area contributed by atoms with Gasteiger partial charge >= 0.3 is 0 Å². The number of aromatic nitrogens is 1. The minimum absolute atomic E-state index is 0.521. The summed E-state index contributed by atoms with van der Waals surface area (Å²) in [7, 11) is 3.20. The van der Waals surface area contributed by atoms with Gasteiger partial charge in [-0.2, -0.15) is 5.26 Å². The number of nitrogens with zero attached hydrogens (tertiary/aromatic N) is 2. The molecule has 1 aromatic heterocycles. The predicted octanol–water partition coefficient (Wildman–Crippen LogP) is 2.58. The van der Waals surface area contributed by atoms with Gasteiger partial charge in [-0.05, 0) is 29.8 Å². The Morgan fingerprint density at radius 1 is 1.20 bits per heavy atom. The average Bonchev–Trinajstić information content (AvgIpc) is 2.52. The van der Waals surface area contributed by atoms with Gasteiger partial charge in [-0.3, -0.25) is 0 Å². The number of hydrogen-bond donors (Lipinski definition) is 1. The highest BCUT2D eigenvalue weighted by molar-refractivity contribution is 5.52. The van der Waals surface area contributed by atoms with E-state index in [-0.39, 0.29) is 0 Å². The SMILES string of the molecule is COc1ccc(CNc2ncccc2C#N)cc1OC. The zero-order chi connectivity index (χ0) is 14.4. The van der Waals surface area contributed by atoms with Gasteiger partial charge in [0.05, 0.1) is 19.8 Å². The lowest BCUT2D eigenvalue weighted by atomic mass is 10.2. The number of nitrogens with one attached hydrogen (secondary N) is 1. The normalized spacial score (nSPS) is 9.65. The topological polar surface area (TPSA) is 67.2 Å². The first kappa shape index (κ1) is 13.7. The summed E-state index contributed by atoms with van der Waals surface area (Å²) in [6.45, 7) is 0.548. The van der Waals surface area contributed by atoms with Crippen LogP contribution in [0.5, 0.6) is 11.5 Å². The van der Waals surface area contributed by atoms with E-state index in [9.17, 15) is 0 Å². The highest BCUT2D eigenvalue weighted by Crippen LogP contribution is 2.27. The van der Waals surface area contributed by atoms with Crippen LogP contribution >= 0.6 is 0 Å². The van der Waals surface area contributed by atoms with Gasteiger partial charge in [-0.15, -0.1) is 0 Å². The van der Waals surface area contributed by atoms with Crippen LogP contribution in [0.3, 0.4) is 0 Å². The van der Waals surface area contributed by atoms with E-state index in [0.29, 0.717) is 29.4 Å². The van der Waals surface area contributed by atoms with E-state index < -0.39 is 0 Å². The Kier molecular flexibility index (Phi) is 4.40. The number of nitriles is 1. The fourth-order valence-corrected chi connectivity index (χ4v) is 1.81. The molecule has 0 bridgehead atoms. The number of pyridine rings is 1. The maximum Gasteiger partial charge on any atom is 0.161 e. The molecular weight excluding hydrogens is 254 g/mol. The molecule has 1 aromatic carbocycles. The van der Waals surface area contributed by atoms with Crippen LogP contribution in [0.4, 0.5) is 5.82 Å². The number of anilines is 1. The van der Waals surface area contributed by atoms with Crippen molar-refractivity contribution in [1.82, 2.24) is 4.98 Å². The number of hydrogen-bond acceptors (Lipinski definition) is 5. The molecule has 102 valence electrons. The summed E-state index contributed by atoms with van der Waals surface area (Å²) >= 11 is 0. The lowest BCUT2D eigenvalue weighted by Crippen LogP contribution is -2.03. The Morgan fingerprint density at radius 2 is 2.00 bits per heavy atom. The fraction of sp³-hybridized carbons (Fsp3) is 0.200. The van der Waals surface area contributed by atoms with E-state index in [0.717, 1.165) is 5.56 Å². The molecule has 0 unspecified atom stereocenters. The van der Waals surface area contributed by atoms with Crippen LogP contribution < -0.4 is 14.8 Å². The van der Waals surface area contributed by atoms with Crippen LogP contribution in [0.25, 0.3) is 0 Å².